The van der Waals surface area contributed by atoms with Gasteiger partial charge in [-0.2, -0.15) is 0 Å². The average molecular weight is 285 g/mol. The van der Waals surface area contributed by atoms with E-state index in [1.807, 2.05) is 26.0 Å². The molecular weight excluding hydrogens is 266 g/mol. The molecule has 0 aliphatic carbocycles. The van der Waals surface area contributed by atoms with E-state index in [9.17, 15) is 4.79 Å². The van der Waals surface area contributed by atoms with Crippen molar-refractivity contribution in [1.82, 2.24) is 15.0 Å². The van der Waals surface area contributed by atoms with Crippen LogP contribution < -0.4 is 10.2 Å². The second-order valence-electron chi connectivity index (χ2n) is 4.95. The summed E-state index contributed by atoms with van der Waals surface area (Å²) in [6.07, 6.45) is 3.29. The monoisotopic (exact) mass is 285 g/mol. The zero-order chi connectivity index (χ0) is 15.4. The summed E-state index contributed by atoms with van der Waals surface area (Å²) in [5, 5.41) is 2.96. The maximum Gasteiger partial charge on any atom is 0.280 e. The van der Waals surface area contributed by atoms with Crippen molar-refractivity contribution in [3.05, 3.63) is 42.1 Å². The first-order chi connectivity index (χ1) is 10.0. The Morgan fingerprint density at radius 3 is 2.62 bits per heavy atom. The molecule has 0 saturated carbocycles. The predicted molar refractivity (Wildman–Crippen MR) is 82.6 cm³/mol. The summed E-state index contributed by atoms with van der Waals surface area (Å²) >= 11 is 0. The van der Waals surface area contributed by atoms with Gasteiger partial charge < -0.3 is 5.32 Å². The number of aromatic nitrogens is 3. The van der Waals surface area contributed by atoms with Gasteiger partial charge in [0.1, 0.15) is 11.6 Å². The third-order valence-electron chi connectivity index (χ3n) is 3.09. The molecule has 21 heavy (non-hydrogen) atoms. The lowest BCUT2D eigenvalue weighted by molar-refractivity contribution is 0.0988. The Hall–Kier alpha value is -2.50. The van der Waals surface area contributed by atoms with Crippen LogP contribution >= 0.6 is 0 Å². The molecule has 0 radical (unpaired) electrons. The molecule has 0 atom stereocenters. The van der Waals surface area contributed by atoms with E-state index in [1.54, 1.807) is 32.6 Å². The second kappa shape index (κ2) is 6.30. The lowest BCUT2D eigenvalue weighted by atomic mass is 10.2. The van der Waals surface area contributed by atoms with Crippen molar-refractivity contribution >= 4 is 17.4 Å². The Bertz CT molecular complexity index is 627. The molecular formula is C15H19N5O. The van der Waals surface area contributed by atoms with Crippen molar-refractivity contribution in [2.45, 2.75) is 19.8 Å². The Kier molecular flexibility index (Phi) is 4.47. The van der Waals surface area contributed by atoms with Gasteiger partial charge in [-0.25, -0.2) is 15.0 Å². The van der Waals surface area contributed by atoms with E-state index in [-0.39, 0.29) is 11.8 Å². The summed E-state index contributed by atoms with van der Waals surface area (Å²) in [5.41, 5.74) is 0.955. The minimum absolute atomic E-state index is 0.155. The van der Waals surface area contributed by atoms with Gasteiger partial charge in [-0.05, 0) is 12.1 Å². The molecule has 0 unspecified atom stereocenters. The van der Waals surface area contributed by atoms with Crippen LogP contribution in [0.15, 0.2) is 30.6 Å². The highest BCUT2D eigenvalue weighted by Gasteiger charge is 2.21. The van der Waals surface area contributed by atoms with E-state index >= 15 is 0 Å². The second-order valence-corrected chi connectivity index (χ2v) is 4.95. The van der Waals surface area contributed by atoms with E-state index < -0.39 is 0 Å². The lowest BCUT2D eigenvalue weighted by Gasteiger charge is -2.18. The molecule has 0 aliphatic heterocycles. The molecule has 2 aromatic heterocycles. The Morgan fingerprint density at radius 2 is 2.05 bits per heavy atom. The lowest BCUT2D eigenvalue weighted by Crippen LogP contribution is -2.29. The average Bonchev–Trinajstić information content (AvgIpc) is 2.53. The molecule has 1 N–H and O–H groups in total. The van der Waals surface area contributed by atoms with Crippen molar-refractivity contribution in [2.24, 2.45) is 0 Å². The molecule has 0 fully saturated rings. The van der Waals surface area contributed by atoms with Crippen LogP contribution in [0.2, 0.25) is 0 Å². The third-order valence-corrected chi connectivity index (χ3v) is 3.09. The first kappa shape index (κ1) is 14.9. The minimum Gasteiger partial charge on any atom is -0.385 e. The van der Waals surface area contributed by atoms with Gasteiger partial charge in [0, 0.05) is 26.2 Å². The van der Waals surface area contributed by atoms with Gasteiger partial charge in [0.05, 0.1) is 11.9 Å². The molecule has 6 heteroatoms. The van der Waals surface area contributed by atoms with Crippen LogP contribution in [0, 0.1) is 0 Å². The van der Waals surface area contributed by atoms with E-state index in [0.29, 0.717) is 23.0 Å². The van der Waals surface area contributed by atoms with Gasteiger partial charge in [-0.15, -0.1) is 0 Å². The fraction of sp³-hybridized carbons (Fsp3) is 0.333. The van der Waals surface area contributed by atoms with Crippen molar-refractivity contribution in [3.63, 3.8) is 0 Å². The summed E-state index contributed by atoms with van der Waals surface area (Å²) in [6.45, 7) is 3.98. The Morgan fingerprint density at radius 1 is 1.29 bits per heavy atom. The number of carbonyl (C=O) groups excluding carboxylic acids is 1. The van der Waals surface area contributed by atoms with Crippen LogP contribution in [0.1, 0.15) is 36.1 Å². The van der Waals surface area contributed by atoms with Gasteiger partial charge in [0.15, 0.2) is 5.69 Å². The van der Waals surface area contributed by atoms with Crippen LogP contribution in [0.5, 0.6) is 0 Å². The van der Waals surface area contributed by atoms with E-state index in [4.69, 9.17) is 0 Å². The summed E-state index contributed by atoms with van der Waals surface area (Å²) in [7, 11) is 3.42. The number of nitrogens with one attached hydrogen (secondary N) is 1. The molecule has 2 rings (SSSR count). The quantitative estimate of drug-likeness (QED) is 0.933. The van der Waals surface area contributed by atoms with Crippen molar-refractivity contribution in [2.75, 3.05) is 24.3 Å². The standard InChI is InChI=1S/C15H19N5O/c1-10(2)14-18-9-11(16-3)13(19-14)15(21)20(4)12-7-5-6-8-17-12/h5-10,16H,1-4H3. The van der Waals surface area contributed by atoms with Gasteiger partial charge in [0.2, 0.25) is 0 Å². The van der Waals surface area contributed by atoms with Crippen LogP contribution in [0.4, 0.5) is 11.5 Å². The maximum absolute atomic E-state index is 12.7. The molecule has 0 aromatic carbocycles. The van der Waals surface area contributed by atoms with Gasteiger partial charge in [0.25, 0.3) is 5.91 Å². The summed E-state index contributed by atoms with van der Waals surface area (Å²) in [4.78, 5) is 27.0. The highest BCUT2D eigenvalue weighted by Crippen LogP contribution is 2.19. The van der Waals surface area contributed by atoms with Crippen LogP contribution in [-0.4, -0.2) is 35.0 Å². The van der Waals surface area contributed by atoms with Crippen LogP contribution in [0.25, 0.3) is 0 Å². The highest BCUT2D eigenvalue weighted by molar-refractivity contribution is 6.07. The molecule has 1 amide bonds. The maximum atomic E-state index is 12.7. The SMILES string of the molecule is CNc1cnc(C(C)C)nc1C(=O)N(C)c1ccccn1. The van der Waals surface area contributed by atoms with Gasteiger partial charge in [-0.1, -0.05) is 19.9 Å². The molecule has 0 saturated heterocycles. The molecule has 0 bridgehead atoms. The highest BCUT2D eigenvalue weighted by atomic mass is 16.2. The smallest absolute Gasteiger partial charge is 0.280 e. The fourth-order valence-electron chi connectivity index (χ4n) is 1.83. The summed E-state index contributed by atoms with van der Waals surface area (Å²) in [5.74, 6) is 1.16. The fourth-order valence-corrected chi connectivity index (χ4v) is 1.83. The first-order valence-electron chi connectivity index (χ1n) is 6.78. The van der Waals surface area contributed by atoms with Crippen molar-refractivity contribution in [3.8, 4) is 0 Å². The Labute approximate surface area is 124 Å². The van der Waals surface area contributed by atoms with Crippen LogP contribution in [0.3, 0.4) is 0 Å². The molecule has 6 nitrogen and oxygen atoms in total. The number of rotatable bonds is 4. The molecule has 2 aromatic rings. The zero-order valence-electron chi connectivity index (χ0n) is 12.7. The summed E-state index contributed by atoms with van der Waals surface area (Å²) < 4.78 is 0. The third kappa shape index (κ3) is 3.16. The van der Waals surface area contributed by atoms with Crippen molar-refractivity contribution < 1.29 is 4.79 Å². The summed E-state index contributed by atoms with van der Waals surface area (Å²) in [6, 6.07) is 5.43. The number of anilines is 2. The molecule has 110 valence electrons. The topological polar surface area (TPSA) is 71.0 Å². The molecule has 0 spiro atoms. The van der Waals surface area contributed by atoms with E-state index in [1.165, 1.54) is 4.90 Å². The van der Waals surface area contributed by atoms with Gasteiger partial charge in [-0.3, -0.25) is 9.69 Å². The number of amides is 1. The number of pyridine rings is 1. The first-order valence-corrected chi connectivity index (χ1v) is 6.78. The number of hydrogen-bond donors (Lipinski definition) is 1. The minimum atomic E-state index is -0.220. The predicted octanol–water partition coefficient (Wildman–Crippen LogP) is 2.31. The van der Waals surface area contributed by atoms with Crippen LogP contribution in [-0.2, 0) is 0 Å². The van der Waals surface area contributed by atoms with Gasteiger partial charge >= 0.3 is 0 Å². The zero-order valence-corrected chi connectivity index (χ0v) is 12.7. The molecule has 0 aliphatic rings. The molecule has 2 heterocycles. The largest absolute Gasteiger partial charge is 0.385 e. The van der Waals surface area contributed by atoms with E-state index in [2.05, 4.69) is 20.3 Å². The number of hydrogen-bond acceptors (Lipinski definition) is 5. The normalized spacial score (nSPS) is 10.5. The van der Waals surface area contributed by atoms with Crippen molar-refractivity contribution in [1.29, 1.82) is 0 Å². The number of carbonyl (C=O) groups is 1. The number of nitrogens with zero attached hydrogens (tertiary/aromatic N) is 4. The Balaban J connectivity index is 2.40. The van der Waals surface area contributed by atoms with E-state index in [0.717, 1.165) is 0 Å².